The fourth-order valence-electron chi connectivity index (χ4n) is 2.93. The third-order valence-electron chi connectivity index (χ3n) is 4.15. The minimum absolute atomic E-state index is 0.174. The summed E-state index contributed by atoms with van der Waals surface area (Å²) in [6, 6.07) is 0. The van der Waals surface area contributed by atoms with Gasteiger partial charge in [0.2, 0.25) is 0 Å². The highest BCUT2D eigenvalue weighted by Crippen LogP contribution is 2.36. The Hall–Kier alpha value is -2.12. The van der Waals surface area contributed by atoms with Gasteiger partial charge in [-0.1, -0.05) is 36.1 Å². The molecule has 0 N–H and O–H groups in total. The number of aryl methyl sites for hydroxylation is 1. The molecule has 1 fully saturated rings. The Balaban J connectivity index is 2.30. The van der Waals surface area contributed by atoms with Crippen molar-refractivity contribution >= 4 is 22.9 Å². The molecule has 1 heterocycles. The second-order valence-corrected chi connectivity index (χ2v) is 8.39. The van der Waals surface area contributed by atoms with Gasteiger partial charge in [-0.15, -0.1) is 11.3 Å². The Morgan fingerprint density at radius 1 is 1.38 bits per heavy atom. The van der Waals surface area contributed by atoms with Crippen molar-refractivity contribution in [2.75, 3.05) is 0 Å². The number of thiazole rings is 1. The minimum Gasteiger partial charge on any atom is -0.460 e. The molecule has 1 unspecified atom stereocenters. The van der Waals surface area contributed by atoms with E-state index in [-0.39, 0.29) is 11.9 Å². The largest absolute Gasteiger partial charge is 0.460 e. The van der Waals surface area contributed by atoms with Gasteiger partial charge in [-0.3, -0.25) is 4.79 Å². The zero-order chi connectivity index (χ0) is 19.3. The molecule has 138 valence electrons. The number of carbonyl (C=O) groups excluding carboxylic acids is 1. The number of ether oxygens (including phenoxy) is 1. The average Bonchev–Trinajstić information content (AvgIpc) is 2.86. The molecule has 3 nitrogen and oxygen atoms in total. The molecule has 0 saturated heterocycles. The number of aromatic nitrogens is 1. The molecule has 1 aromatic heterocycles. The molecular weight excluding hydrogens is 342 g/mol. The first-order valence-corrected chi connectivity index (χ1v) is 9.76. The van der Waals surface area contributed by atoms with Crippen LogP contribution in [-0.4, -0.2) is 16.6 Å². The van der Waals surface area contributed by atoms with Crippen molar-refractivity contribution in [1.82, 2.24) is 4.98 Å². The van der Waals surface area contributed by atoms with Crippen LogP contribution in [0.4, 0.5) is 0 Å². The molecule has 0 radical (unpaired) electrons. The number of nitrogens with zero attached hydrogens (tertiary/aromatic N) is 1. The van der Waals surface area contributed by atoms with E-state index in [0.717, 1.165) is 41.1 Å². The van der Waals surface area contributed by atoms with E-state index in [2.05, 4.69) is 30.0 Å². The Morgan fingerprint density at radius 2 is 2.12 bits per heavy atom. The highest BCUT2D eigenvalue weighted by atomic mass is 32.1. The predicted molar refractivity (Wildman–Crippen MR) is 109 cm³/mol. The van der Waals surface area contributed by atoms with Gasteiger partial charge < -0.3 is 4.74 Å². The number of rotatable bonds is 2. The second-order valence-electron chi connectivity index (χ2n) is 7.53. The minimum atomic E-state index is -0.485. The maximum absolute atomic E-state index is 12.5. The van der Waals surface area contributed by atoms with E-state index >= 15 is 0 Å². The average molecular weight is 370 g/mol. The van der Waals surface area contributed by atoms with Crippen LogP contribution in [-0.2, 0) is 9.53 Å². The van der Waals surface area contributed by atoms with Gasteiger partial charge in [-0.2, -0.15) is 0 Å². The maximum Gasteiger partial charge on any atom is 0.313 e. The lowest BCUT2D eigenvalue weighted by Crippen LogP contribution is -2.29. The molecule has 0 aromatic carbocycles. The van der Waals surface area contributed by atoms with Crippen molar-refractivity contribution in [2.24, 2.45) is 5.92 Å². The summed E-state index contributed by atoms with van der Waals surface area (Å²) in [5.41, 5.74) is 3.66. The maximum atomic E-state index is 12.5. The molecule has 0 aliphatic heterocycles. The van der Waals surface area contributed by atoms with E-state index in [0.29, 0.717) is 6.42 Å². The van der Waals surface area contributed by atoms with Crippen molar-refractivity contribution in [3.8, 4) is 11.8 Å². The van der Waals surface area contributed by atoms with E-state index in [4.69, 9.17) is 4.74 Å². The summed E-state index contributed by atoms with van der Waals surface area (Å²) in [6.07, 6.45) is 4.70. The standard InChI is InChI=1S/C22H27NO2S/c1-7-8-9-19(20-23-16(3)14-26-20)17-11-10-15(2)18(13-12-17)21(24)25-22(4,5)6/h7,14,18H,1-2,10-13H2,3-6H3/b19-17-. The predicted octanol–water partition coefficient (Wildman–Crippen LogP) is 5.48. The van der Waals surface area contributed by atoms with E-state index in [1.807, 2.05) is 33.1 Å². The van der Waals surface area contributed by atoms with Crippen molar-refractivity contribution < 1.29 is 9.53 Å². The van der Waals surface area contributed by atoms with Crippen LogP contribution in [0.25, 0.3) is 5.57 Å². The molecule has 0 bridgehead atoms. The lowest BCUT2D eigenvalue weighted by molar-refractivity contribution is -0.158. The molecule has 1 aliphatic carbocycles. The fraction of sp³-hybridized carbons (Fsp3) is 0.455. The van der Waals surface area contributed by atoms with Crippen LogP contribution >= 0.6 is 11.3 Å². The van der Waals surface area contributed by atoms with Gasteiger partial charge >= 0.3 is 5.97 Å². The van der Waals surface area contributed by atoms with Gasteiger partial charge in [-0.05, 0) is 59.5 Å². The lowest BCUT2D eigenvalue weighted by Gasteiger charge is -2.24. The zero-order valence-corrected chi connectivity index (χ0v) is 17.0. The van der Waals surface area contributed by atoms with Crippen LogP contribution < -0.4 is 0 Å². The summed E-state index contributed by atoms with van der Waals surface area (Å²) in [5, 5.41) is 2.97. The fourth-order valence-corrected chi connectivity index (χ4v) is 3.77. The Kier molecular flexibility index (Phi) is 6.61. The smallest absolute Gasteiger partial charge is 0.313 e. The molecule has 2 rings (SSSR count). The molecule has 0 amide bonds. The number of esters is 1. The topological polar surface area (TPSA) is 39.2 Å². The van der Waals surface area contributed by atoms with Gasteiger partial charge in [0, 0.05) is 11.1 Å². The number of carbonyl (C=O) groups is 1. The van der Waals surface area contributed by atoms with Crippen molar-refractivity contribution in [3.63, 3.8) is 0 Å². The SMILES string of the molecule is C=CC#C/C(=C1\CCC(=C)C(C(=O)OC(C)(C)C)CC1)c1nc(C)cs1. The van der Waals surface area contributed by atoms with Crippen LogP contribution in [0.3, 0.4) is 0 Å². The molecule has 26 heavy (non-hydrogen) atoms. The summed E-state index contributed by atoms with van der Waals surface area (Å²) in [5.74, 6) is 5.74. The third kappa shape index (κ3) is 5.44. The lowest BCUT2D eigenvalue weighted by atomic mass is 9.95. The van der Waals surface area contributed by atoms with Gasteiger partial charge in [0.25, 0.3) is 0 Å². The molecule has 0 spiro atoms. The first-order chi connectivity index (χ1) is 12.2. The van der Waals surface area contributed by atoms with E-state index in [1.54, 1.807) is 17.4 Å². The van der Waals surface area contributed by atoms with Gasteiger partial charge in [0.05, 0.1) is 11.5 Å². The molecule has 1 atom stereocenters. The van der Waals surface area contributed by atoms with Gasteiger partial charge in [0.1, 0.15) is 10.6 Å². The monoisotopic (exact) mass is 369 g/mol. The van der Waals surface area contributed by atoms with Crippen molar-refractivity contribution in [1.29, 1.82) is 0 Å². The van der Waals surface area contributed by atoms with E-state index in [1.165, 1.54) is 5.57 Å². The molecule has 1 saturated carbocycles. The highest BCUT2D eigenvalue weighted by Gasteiger charge is 2.30. The second kappa shape index (κ2) is 8.51. The summed E-state index contributed by atoms with van der Waals surface area (Å²) >= 11 is 1.60. The quantitative estimate of drug-likeness (QED) is 0.300. The molecule has 1 aromatic rings. The molecule has 4 heteroatoms. The number of hydrogen-bond donors (Lipinski definition) is 0. The first kappa shape index (κ1) is 20.2. The van der Waals surface area contributed by atoms with E-state index < -0.39 is 5.60 Å². The first-order valence-electron chi connectivity index (χ1n) is 8.88. The van der Waals surface area contributed by atoms with Crippen LogP contribution in [0, 0.1) is 24.7 Å². The van der Waals surface area contributed by atoms with Crippen molar-refractivity contribution in [3.05, 3.63) is 46.5 Å². The highest BCUT2D eigenvalue weighted by molar-refractivity contribution is 7.10. The van der Waals surface area contributed by atoms with E-state index in [9.17, 15) is 4.79 Å². The number of allylic oxidation sites excluding steroid dienone is 3. The summed E-state index contributed by atoms with van der Waals surface area (Å²) in [7, 11) is 0. The van der Waals surface area contributed by atoms with Gasteiger partial charge in [-0.25, -0.2) is 4.98 Å². The zero-order valence-electron chi connectivity index (χ0n) is 16.1. The Labute approximate surface area is 160 Å². The summed E-state index contributed by atoms with van der Waals surface area (Å²) in [4.78, 5) is 17.1. The molecule has 1 aliphatic rings. The van der Waals surface area contributed by atoms with Crippen LogP contribution in [0.2, 0.25) is 0 Å². The van der Waals surface area contributed by atoms with Gasteiger partial charge in [0.15, 0.2) is 0 Å². The third-order valence-corrected chi connectivity index (χ3v) is 5.13. The van der Waals surface area contributed by atoms with Crippen LogP contribution in [0.15, 0.2) is 35.8 Å². The summed E-state index contributed by atoms with van der Waals surface area (Å²) in [6.45, 7) is 15.5. The number of hydrogen-bond acceptors (Lipinski definition) is 4. The van der Waals surface area contributed by atoms with Crippen LogP contribution in [0.5, 0.6) is 0 Å². The normalized spacial score (nSPS) is 19.8. The van der Waals surface area contributed by atoms with Crippen molar-refractivity contribution in [2.45, 2.75) is 59.0 Å². The molecular formula is C22H27NO2S. The summed E-state index contributed by atoms with van der Waals surface area (Å²) < 4.78 is 5.58. The Bertz CT molecular complexity index is 796. The van der Waals surface area contributed by atoms with Crippen LogP contribution in [0.1, 0.15) is 57.2 Å². The Morgan fingerprint density at radius 3 is 2.69 bits per heavy atom.